The van der Waals surface area contributed by atoms with E-state index in [2.05, 4.69) is 4.40 Å². The van der Waals surface area contributed by atoms with E-state index < -0.39 is 11.0 Å². The zero-order valence-electron chi connectivity index (χ0n) is 6.05. The van der Waals surface area contributed by atoms with Gasteiger partial charge < -0.3 is 11.1 Å². The molecule has 50 valence electrons. The van der Waals surface area contributed by atoms with Crippen LogP contribution in [0.4, 0.5) is 0 Å². The van der Waals surface area contributed by atoms with E-state index in [9.17, 15) is 4.21 Å². The van der Waals surface area contributed by atoms with Crippen molar-refractivity contribution >= 4 is 17.7 Å². The molecule has 0 N–H and O–H groups in total. The van der Waals surface area contributed by atoms with E-state index in [4.69, 9.17) is 6.72 Å². The molecule has 0 spiro atoms. The van der Waals surface area contributed by atoms with Crippen molar-refractivity contribution in [2.45, 2.75) is 25.5 Å². The molecular weight excluding hydrogens is 389 g/mol. The van der Waals surface area contributed by atoms with Gasteiger partial charge in [0.1, 0.15) is 11.0 Å². The molecule has 0 aliphatic rings. The van der Waals surface area contributed by atoms with Crippen molar-refractivity contribution in [3.05, 3.63) is 0 Å². The van der Waals surface area contributed by atoms with Crippen LogP contribution in [-0.2, 0) is 11.0 Å². The predicted octanol–water partition coefficient (Wildman–Crippen LogP) is 1.03. The average Bonchev–Trinajstić information content (AvgIpc) is 1.62. The van der Waals surface area contributed by atoms with Gasteiger partial charge in [-0.15, -0.1) is 0 Å². The van der Waals surface area contributed by atoms with Gasteiger partial charge in [-0.2, -0.15) is 0 Å². The van der Waals surface area contributed by atoms with Crippen LogP contribution in [0.2, 0.25) is 0 Å². The second-order valence-electron chi connectivity index (χ2n) is 2.47. The maximum absolute atomic E-state index is 10.7. The molecule has 0 bridgehead atoms. The van der Waals surface area contributed by atoms with Crippen molar-refractivity contribution in [1.29, 1.82) is 0 Å². The minimum Gasteiger partial charge on any atom is -0.415 e. The third kappa shape index (κ3) is 3.41. The summed E-state index contributed by atoms with van der Waals surface area (Å²) in [5.41, 5.74) is 0. The third-order valence-corrected chi connectivity index (χ3v) is 1.86. The zero-order chi connectivity index (χ0) is 6.78. The van der Waals surface area contributed by atoms with Crippen molar-refractivity contribution in [3.63, 3.8) is 0 Å². The standard InChI is InChI=1S/C5H10NOS.Rf/c1-5(2,3)8(7)6-4;/h4H,1-3H3;/q-1;/t8-;/m0./s1. The molecule has 0 aliphatic heterocycles. The normalized spacial score (nSPS) is 13.7. The summed E-state index contributed by atoms with van der Waals surface area (Å²) in [6, 6.07) is 0. The van der Waals surface area contributed by atoms with E-state index in [1.165, 1.54) is 0 Å². The molecule has 2 nitrogen and oxygen atoms in total. The van der Waals surface area contributed by atoms with Gasteiger partial charge in [-0.1, -0.05) is 0 Å². The Bertz CT molecular complexity index is 119. The van der Waals surface area contributed by atoms with Crippen LogP contribution < -0.4 is 0 Å². The maximum Gasteiger partial charge on any atom is 0.108 e. The fourth-order valence-corrected chi connectivity index (χ4v) is 0.474. The van der Waals surface area contributed by atoms with E-state index in [1.54, 1.807) is 0 Å². The first kappa shape index (κ1) is 10.7. The van der Waals surface area contributed by atoms with Crippen LogP contribution in [0.5, 0.6) is 0 Å². The Morgan fingerprint density at radius 2 is 1.78 bits per heavy atom. The maximum atomic E-state index is 10.7. The molecule has 4 heteroatoms. The Kier molecular flexibility index (Phi) is 3.54. The summed E-state index contributed by atoms with van der Waals surface area (Å²) in [7, 11) is -1.24. The van der Waals surface area contributed by atoms with Gasteiger partial charge >= 0.3 is 0 Å². The van der Waals surface area contributed by atoms with Crippen LogP contribution in [-0.4, -0.2) is 15.7 Å². The van der Waals surface area contributed by atoms with Crippen molar-refractivity contribution in [2.24, 2.45) is 4.40 Å². The van der Waals surface area contributed by atoms with Crippen molar-refractivity contribution in [1.82, 2.24) is 0 Å². The fourth-order valence-electron chi connectivity index (χ4n) is 0.158. The molecule has 0 saturated heterocycles. The molecule has 0 aromatic carbocycles. The number of hydrogen-bond acceptors (Lipinski definition) is 1. The Morgan fingerprint density at radius 3 is 1.78 bits per heavy atom. The molecule has 0 unspecified atom stereocenters. The second-order valence-corrected chi connectivity index (χ2v) is 4.40. The van der Waals surface area contributed by atoms with Gasteiger partial charge in [0.25, 0.3) is 0 Å². The first-order valence-corrected chi connectivity index (χ1v) is 3.42. The molecule has 0 aliphatic carbocycles. The molecule has 0 amide bonds. The first-order chi connectivity index (χ1) is 3.48. The topological polar surface area (TPSA) is 29.4 Å². The molecule has 0 aromatic rings. The van der Waals surface area contributed by atoms with Gasteiger partial charge in [-0.05, 0) is 20.8 Å². The quantitative estimate of drug-likeness (QED) is 0.479. The van der Waals surface area contributed by atoms with Gasteiger partial charge in [0.05, 0.1) is 4.75 Å². The molecule has 0 heterocycles. The van der Waals surface area contributed by atoms with Crippen molar-refractivity contribution < 1.29 is 4.21 Å². The first-order valence-electron chi connectivity index (χ1n) is 2.31. The molecule has 0 aromatic heterocycles. The summed E-state index contributed by atoms with van der Waals surface area (Å²) in [4.78, 5) is 0. The van der Waals surface area contributed by atoms with Crippen LogP contribution in [0, 0.1) is 0 Å². The second kappa shape index (κ2) is 2.97. The smallest absolute Gasteiger partial charge is 0.108 e. The third-order valence-electron chi connectivity index (χ3n) is 0.620. The van der Waals surface area contributed by atoms with Crippen molar-refractivity contribution in [2.75, 3.05) is 0 Å². The molecule has 0 radical (unpaired) electrons. The molecular formula is C5H10NORfS-. The Balaban J connectivity index is 0. The summed E-state index contributed by atoms with van der Waals surface area (Å²) in [6.45, 7) is 10.2. The van der Waals surface area contributed by atoms with Crippen LogP contribution >= 0.6 is 0 Å². The van der Waals surface area contributed by atoms with Crippen LogP contribution in [0.3, 0.4) is 0 Å². The van der Waals surface area contributed by atoms with Crippen LogP contribution in [0.1, 0.15) is 20.8 Å². The van der Waals surface area contributed by atoms with E-state index in [0.717, 1.165) is 0 Å². The van der Waals surface area contributed by atoms with Gasteiger partial charge in [-0.25, -0.2) is 4.21 Å². The predicted molar refractivity (Wildman–Crippen MR) is 36.4 cm³/mol. The molecule has 1 atom stereocenters. The van der Waals surface area contributed by atoms with Crippen LogP contribution in [0.15, 0.2) is 4.40 Å². The summed E-state index contributed by atoms with van der Waals surface area (Å²) in [5, 5.41) is 0. The summed E-state index contributed by atoms with van der Waals surface area (Å²) >= 11 is 0. The van der Waals surface area contributed by atoms with Gasteiger partial charge in [0.15, 0.2) is 0 Å². The summed E-state index contributed by atoms with van der Waals surface area (Å²) < 4.78 is 13.5. The van der Waals surface area contributed by atoms with Crippen molar-refractivity contribution in [3.8, 4) is 0 Å². The minimum absolute atomic E-state index is 0. The Labute approximate surface area is 52.6 Å². The summed E-state index contributed by atoms with van der Waals surface area (Å²) in [6.07, 6.45) is 0. The Hall–Kier alpha value is -1.18. The summed E-state index contributed by atoms with van der Waals surface area (Å²) in [5.74, 6) is 0. The average molecular weight is 399 g/mol. The number of nitrogens with zero attached hydrogens (tertiary/aromatic N) is 1. The van der Waals surface area contributed by atoms with Gasteiger partial charge in [-0.3, -0.25) is 0 Å². The van der Waals surface area contributed by atoms with E-state index >= 15 is 0 Å². The molecule has 9 heavy (non-hydrogen) atoms. The zero-order valence-corrected chi connectivity index (χ0v) is 13.3. The van der Waals surface area contributed by atoms with Gasteiger partial charge in [0, 0.05) is 0 Å². The SMILES string of the molecule is [CH-]=N[S@@](=O)C(C)(C)C.[Rf]. The molecule has 0 rings (SSSR count). The Morgan fingerprint density at radius 1 is 1.44 bits per heavy atom. The fraction of sp³-hybridized carbons (Fsp3) is 0.800. The van der Waals surface area contributed by atoms with E-state index in [1.807, 2.05) is 20.8 Å². The molecule has 0 fully saturated rings. The van der Waals surface area contributed by atoms with Gasteiger partial charge in [0.2, 0.25) is 0 Å². The number of rotatable bonds is 1. The van der Waals surface area contributed by atoms with Crippen LogP contribution in [0.25, 0.3) is 0 Å². The van der Waals surface area contributed by atoms with E-state index in [-0.39, 0.29) is 4.75 Å². The van der Waals surface area contributed by atoms with E-state index in [0.29, 0.717) is 0 Å². The minimum atomic E-state index is -1.24. The monoisotopic (exact) mass is 399 g/mol. The largest absolute Gasteiger partial charge is 0.415 e. The number of hydrogen-bond donors (Lipinski definition) is 0. The molecule has 0 saturated carbocycles.